The molecule has 0 rings (SSSR count). The first-order valence-corrected chi connectivity index (χ1v) is 1.10. The maximum atomic E-state index is 7.04. The predicted molar refractivity (Wildman–Crippen MR) is 24.0 cm³/mol. The molecule has 0 aliphatic rings. The molecule has 1 unspecified atom stereocenters. The average Bonchev–Trinajstić information content (AvgIpc) is 0.918. The summed E-state index contributed by atoms with van der Waals surface area (Å²) in [7, 11) is 0. The van der Waals surface area contributed by atoms with Crippen LogP contribution in [0.25, 0.3) is 0 Å². The Hall–Kier alpha value is 0.700. The van der Waals surface area contributed by atoms with Crippen molar-refractivity contribution in [2.75, 3.05) is 0 Å². The molecule has 0 aromatic carbocycles. The summed E-state index contributed by atoms with van der Waals surface area (Å²) in [4.78, 5) is 0. The van der Waals surface area contributed by atoms with Crippen LogP contribution in [0.5, 0.6) is 0 Å². The van der Waals surface area contributed by atoms with Gasteiger partial charge in [0, 0.05) is 0 Å². The van der Waals surface area contributed by atoms with Crippen LogP contribution in [-0.2, 0) is 0 Å². The van der Waals surface area contributed by atoms with E-state index in [1.165, 1.54) is 0 Å². The van der Waals surface area contributed by atoms with Crippen molar-refractivity contribution in [3.63, 3.8) is 0 Å². The molecular formula is H5O2PS. The van der Waals surface area contributed by atoms with Crippen molar-refractivity contribution < 1.29 is 9.11 Å². The van der Waals surface area contributed by atoms with Gasteiger partial charge >= 0.3 is 0 Å². The summed E-state index contributed by atoms with van der Waals surface area (Å²) in [6.45, 7) is 0. The summed E-state index contributed by atoms with van der Waals surface area (Å²) in [6, 6.07) is 0. The molecule has 2 N–H and O–H groups in total. The second-order valence-corrected chi connectivity index (χ2v) is 0.245. The molecule has 0 aromatic rings. The smallest absolute Gasteiger partial charge is 0.152 e. The minimum absolute atomic E-state index is 0. The number of rotatable bonds is 0. The average molecular weight is 100 g/mol. The van der Waals surface area contributed by atoms with E-state index < -0.39 is 0 Å². The van der Waals surface area contributed by atoms with E-state index in [4.69, 9.17) is 9.11 Å². The number of hydrogen-bond acceptors (Lipinski definition) is 3. The third-order valence-electron chi connectivity index (χ3n) is 0. The first-order chi connectivity index (χ1) is 1.41. The van der Waals surface area contributed by atoms with Gasteiger partial charge in [-0.2, -0.15) is 9.90 Å². The van der Waals surface area contributed by atoms with Gasteiger partial charge in [-0.1, -0.05) is 0 Å². The zero-order valence-corrected chi connectivity index (χ0v) is 4.24. The van der Waals surface area contributed by atoms with E-state index in [0.717, 1.165) is 0 Å². The molecule has 2 nitrogen and oxygen atoms in total. The highest BCUT2D eigenvalue weighted by Gasteiger charge is 1.36. The van der Waals surface area contributed by atoms with Crippen molar-refractivity contribution >= 4 is 22.2 Å². The molecule has 28 valence electrons. The van der Waals surface area contributed by atoms with E-state index in [2.05, 4.69) is 0 Å². The monoisotopic (exact) mass is 100.0 g/mol. The molecular weight excluding hydrogens is 95.0 g/mol. The molecule has 0 fully saturated rings. The second kappa shape index (κ2) is 9.33. The normalized spacial score (nSPS) is 4.50. The Labute approximate surface area is 32.3 Å². The van der Waals surface area contributed by atoms with Crippen LogP contribution in [0.3, 0.4) is 0 Å². The van der Waals surface area contributed by atoms with Crippen LogP contribution in [0, 0.1) is 0 Å². The Morgan fingerprint density at radius 1 is 1.25 bits per heavy atom. The molecule has 4 heavy (non-hydrogen) atoms. The lowest BCUT2D eigenvalue weighted by Crippen LogP contribution is -1.31. The van der Waals surface area contributed by atoms with Gasteiger partial charge in [-0.25, -0.2) is 0 Å². The molecule has 0 saturated heterocycles. The summed E-state index contributed by atoms with van der Waals surface area (Å²) in [5.74, 6) is 0. The molecule has 0 aliphatic heterocycles. The van der Waals surface area contributed by atoms with Crippen LogP contribution in [0.2, 0.25) is 0 Å². The Morgan fingerprint density at radius 3 is 1.25 bits per heavy atom. The Kier molecular flexibility index (Phi) is 20.6. The fourth-order valence-electron chi connectivity index (χ4n) is 0. The standard InChI is InChI=1S/H2O2S.H3P/c1-3-2;/h1-2H;1H3. The fraction of sp³-hybridized carbons (Fsp3) is 0. The summed E-state index contributed by atoms with van der Waals surface area (Å²) < 4.78 is 14.1. The Balaban J connectivity index is 0. The van der Waals surface area contributed by atoms with Gasteiger partial charge in [-0.05, 0) is 0 Å². The lowest BCUT2D eigenvalue weighted by molar-refractivity contribution is 0.541. The molecule has 0 heterocycles. The van der Waals surface area contributed by atoms with Crippen molar-refractivity contribution in [1.82, 2.24) is 0 Å². The summed E-state index contributed by atoms with van der Waals surface area (Å²) >= 11 is -0.250. The first-order valence-electron chi connectivity index (χ1n) is 0.365. The lowest BCUT2D eigenvalue weighted by Gasteiger charge is -1.51. The van der Waals surface area contributed by atoms with Gasteiger partial charge in [-0.15, -0.1) is 0 Å². The lowest BCUT2D eigenvalue weighted by atomic mass is 15.9. The van der Waals surface area contributed by atoms with Crippen molar-refractivity contribution in [1.29, 1.82) is 0 Å². The zero-order valence-electron chi connectivity index (χ0n) is 2.01. The molecule has 0 bridgehead atoms. The van der Waals surface area contributed by atoms with Crippen LogP contribution < -0.4 is 0 Å². The van der Waals surface area contributed by atoms with E-state index in [0.29, 0.717) is 0 Å². The van der Waals surface area contributed by atoms with Crippen molar-refractivity contribution in [2.24, 2.45) is 0 Å². The molecule has 0 radical (unpaired) electrons. The van der Waals surface area contributed by atoms with Gasteiger partial charge in [-0.3, -0.25) is 0 Å². The maximum Gasteiger partial charge on any atom is 0.152 e. The second-order valence-electron chi connectivity index (χ2n) is 0.0816. The third kappa shape index (κ3) is 15.9. The summed E-state index contributed by atoms with van der Waals surface area (Å²) in [5.41, 5.74) is 0. The SMILES string of the molecule is OSO.P. The highest BCUT2D eigenvalue weighted by Crippen LogP contribution is 1.67. The van der Waals surface area contributed by atoms with Crippen molar-refractivity contribution in [2.45, 2.75) is 0 Å². The van der Waals surface area contributed by atoms with Gasteiger partial charge < -0.3 is 9.11 Å². The van der Waals surface area contributed by atoms with Crippen LogP contribution in [0.4, 0.5) is 0 Å². The van der Waals surface area contributed by atoms with Crippen LogP contribution in [0.15, 0.2) is 0 Å². The highest BCUT2D eigenvalue weighted by molar-refractivity contribution is 7.87. The van der Waals surface area contributed by atoms with Crippen LogP contribution in [-0.4, -0.2) is 9.11 Å². The topological polar surface area (TPSA) is 40.5 Å². The quantitative estimate of drug-likeness (QED) is 0.348. The van der Waals surface area contributed by atoms with Crippen LogP contribution in [0.1, 0.15) is 0 Å². The molecule has 4 heteroatoms. The van der Waals surface area contributed by atoms with Gasteiger partial charge in [0.15, 0.2) is 12.3 Å². The molecule has 0 aliphatic carbocycles. The van der Waals surface area contributed by atoms with Crippen LogP contribution >= 0.6 is 22.2 Å². The van der Waals surface area contributed by atoms with Gasteiger partial charge in [0.1, 0.15) is 0 Å². The third-order valence-corrected chi connectivity index (χ3v) is 0. The van der Waals surface area contributed by atoms with E-state index in [9.17, 15) is 0 Å². The maximum absolute atomic E-state index is 7.04. The first kappa shape index (κ1) is 8.83. The van der Waals surface area contributed by atoms with Gasteiger partial charge in [0.2, 0.25) is 0 Å². The van der Waals surface area contributed by atoms with E-state index in [1.807, 2.05) is 0 Å². The van der Waals surface area contributed by atoms with Crippen molar-refractivity contribution in [3.8, 4) is 0 Å². The van der Waals surface area contributed by atoms with E-state index >= 15 is 0 Å². The number of hydrogen-bond donors (Lipinski definition) is 2. The predicted octanol–water partition coefficient (Wildman–Crippen LogP) is 0.724. The van der Waals surface area contributed by atoms with Gasteiger partial charge in [0.05, 0.1) is 0 Å². The minimum atomic E-state index is -0.250. The molecule has 0 spiro atoms. The van der Waals surface area contributed by atoms with E-state index in [1.54, 1.807) is 0 Å². The van der Waals surface area contributed by atoms with Gasteiger partial charge in [0.25, 0.3) is 0 Å². The summed E-state index contributed by atoms with van der Waals surface area (Å²) in [6.07, 6.45) is 0. The van der Waals surface area contributed by atoms with E-state index in [-0.39, 0.29) is 22.2 Å². The Morgan fingerprint density at radius 2 is 1.25 bits per heavy atom. The Bertz CT molecular complexity index is 6.00. The molecule has 0 saturated carbocycles. The zero-order chi connectivity index (χ0) is 2.71. The molecule has 1 atom stereocenters. The largest absolute Gasteiger partial charge is 0.307 e. The fourth-order valence-corrected chi connectivity index (χ4v) is 0. The van der Waals surface area contributed by atoms with Crippen molar-refractivity contribution in [3.05, 3.63) is 0 Å². The minimum Gasteiger partial charge on any atom is -0.307 e. The highest BCUT2D eigenvalue weighted by atomic mass is 32.2. The molecule has 0 aromatic heterocycles. The molecule has 0 amide bonds. The summed E-state index contributed by atoms with van der Waals surface area (Å²) in [5, 5.41) is 0.